The third kappa shape index (κ3) is 5.91. The lowest BCUT2D eigenvalue weighted by atomic mass is 9.90. The van der Waals surface area contributed by atoms with Crippen LogP contribution in [0.1, 0.15) is 41.0 Å². The minimum absolute atomic E-state index is 0.145. The van der Waals surface area contributed by atoms with E-state index in [2.05, 4.69) is 65.8 Å². The molecule has 2 heterocycles. The Labute approximate surface area is 179 Å². The standard InChI is InChI=1S/C26H30N2O2/c1-20-6-5-9-22(14-20)16-27-26-11-10-24(17-28-26)23-12-13-30-25(15-23)19-29-18-21-7-3-2-4-8-21/h2-11,14,17,23,25H,12-13,15-16,18-19H2,1H3,(H,27,28). The molecule has 2 atom stereocenters. The van der Waals surface area contributed by atoms with Crippen LogP contribution in [0.5, 0.6) is 0 Å². The fourth-order valence-corrected chi connectivity index (χ4v) is 3.95. The first kappa shape index (κ1) is 20.6. The lowest BCUT2D eigenvalue weighted by Gasteiger charge is -2.29. The largest absolute Gasteiger partial charge is 0.376 e. The molecule has 0 bridgehead atoms. The van der Waals surface area contributed by atoms with E-state index in [1.807, 2.05) is 24.4 Å². The topological polar surface area (TPSA) is 43.4 Å². The van der Waals surface area contributed by atoms with Crippen LogP contribution in [-0.2, 0) is 22.6 Å². The van der Waals surface area contributed by atoms with E-state index in [0.29, 0.717) is 19.1 Å². The Morgan fingerprint density at radius 2 is 1.90 bits per heavy atom. The van der Waals surface area contributed by atoms with Gasteiger partial charge >= 0.3 is 0 Å². The number of benzene rings is 2. The highest BCUT2D eigenvalue weighted by Gasteiger charge is 2.24. The number of aryl methyl sites for hydroxylation is 1. The van der Waals surface area contributed by atoms with Gasteiger partial charge in [0.1, 0.15) is 5.82 Å². The second kappa shape index (κ2) is 10.4. The van der Waals surface area contributed by atoms with Gasteiger partial charge < -0.3 is 14.8 Å². The van der Waals surface area contributed by atoms with Crippen molar-refractivity contribution in [1.82, 2.24) is 4.98 Å². The molecular weight excluding hydrogens is 372 g/mol. The van der Waals surface area contributed by atoms with Gasteiger partial charge in [-0.3, -0.25) is 0 Å². The van der Waals surface area contributed by atoms with Crippen LogP contribution in [0.3, 0.4) is 0 Å². The molecule has 4 rings (SSSR count). The molecule has 1 aliphatic heterocycles. The van der Waals surface area contributed by atoms with E-state index in [0.717, 1.165) is 31.8 Å². The first-order valence-corrected chi connectivity index (χ1v) is 10.7. The summed E-state index contributed by atoms with van der Waals surface area (Å²) in [5, 5.41) is 3.41. The molecule has 1 N–H and O–H groups in total. The maximum Gasteiger partial charge on any atom is 0.126 e. The van der Waals surface area contributed by atoms with Gasteiger partial charge in [-0.25, -0.2) is 4.98 Å². The van der Waals surface area contributed by atoms with Crippen molar-refractivity contribution in [2.75, 3.05) is 18.5 Å². The number of hydrogen-bond donors (Lipinski definition) is 1. The van der Waals surface area contributed by atoms with Crippen molar-refractivity contribution in [2.24, 2.45) is 0 Å². The number of anilines is 1. The number of nitrogens with zero attached hydrogens (tertiary/aromatic N) is 1. The summed E-state index contributed by atoms with van der Waals surface area (Å²) in [6, 6.07) is 23.1. The van der Waals surface area contributed by atoms with Gasteiger partial charge in [0.05, 0.1) is 19.3 Å². The summed E-state index contributed by atoms with van der Waals surface area (Å²) in [4.78, 5) is 4.64. The molecule has 1 saturated heterocycles. The van der Waals surface area contributed by atoms with Crippen molar-refractivity contribution in [3.05, 3.63) is 95.2 Å². The molecule has 0 radical (unpaired) electrons. The van der Waals surface area contributed by atoms with Gasteiger partial charge in [-0.15, -0.1) is 0 Å². The van der Waals surface area contributed by atoms with Crippen LogP contribution in [0, 0.1) is 6.92 Å². The van der Waals surface area contributed by atoms with Crippen LogP contribution in [0.2, 0.25) is 0 Å². The van der Waals surface area contributed by atoms with Gasteiger partial charge in [0.15, 0.2) is 0 Å². The highest BCUT2D eigenvalue weighted by molar-refractivity contribution is 5.38. The molecule has 156 valence electrons. The van der Waals surface area contributed by atoms with Gasteiger partial charge in [-0.1, -0.05) is 66.2 Å². The molecule has 4 heteroatoms. The fourth-order valence-electron chi connectivity index (χ4n) is 3.95. The van der Waals surface area contributed by atoms with Gasteiger partial charge in [-0.05, 0) is 48.4 Å². The average Bonchev–Trinajstić information content (AvgIpc) is 2.79. The summed E-state index contributed by atoms with van der Waals surface area (Å²) in [5.74, 6) is 1.39. The normalized spacial score (nSPS) is 18.8. The van der Waals surface area contributed by atoms with Crippen molar-refractivity contribution in [3.8, 4) is 0 Å². The Morgan fingerprint density at radius 3 is 2.70 bits per heavy atom. The van der Waals surface area contributed by atoms with Crippen LogP contribution in [0.4, 0.5) is 5.82 Å². The van der Waals surface area contributed by atoms with E-state index in [9.17, 15) is 0 Å². The van der Waals surface area contributed by atoms with Crippen molar-refractivity contribution in [2.45, 2.75) is 44.9 Å². The second-order valence-electron chi connectivity index (χ2n) is 8.03. The van der Waals surface area contributed by atoms with Gasteiger partial charge in [0.25, 0.3) is 0 Å². The monoisotopic (exact) mass is 402 g/mol. The third-order valence-electron chi connectivity index (χ3n) is 5.60. The summed E-state index contributed by atoms with van der Waals surface area (Å²) >= 11 is 0. The minimum atomic E-state index is 0.145. The predicted molar refractivity (Wildman–Crippen MR) is 121 cm³/mol. The Kier molecular flexibility index (Phi) is 7.11. The molecule has 30 heavy (non-hydrogen) atoms. The van der Waals surface area contributed by atoms with E-state index in [4.69, 9.17) is 9.47 Å². The lowest BCUT2D eigenvalue weighted by molar-refractivity contribution is -0.0508. The number of hydrogen-bond acceptors (Lipinski definition) is 4. The maximum absolute atomic E-state index is 5.93. The summed E-state index contributed by atoms with van der Waals surface area (Å²) in [7, 11) is 0. The van der Waals surface area contributed by atoms with Crippen LogP contribution in [0.25, 0.3) is 0 Å². The maximum atomic E-state index is 5.93. The number of nitrogens with one attached hydrogen (secondary N) is 1. The second-order valence-corrected chi connectivity index (χ2v) is 8.03. The van der Waals surface area contributed by atoms with Crippen LogP contribution >= 0.6 is 0 Å². The number of ether oxygens (including phenoxy) is 2. The first-order valence-electron chi connectivity index (χ1n) is 10.7. The Balaban J connectivity index is 1.26. The van der Waals surface area contributed by atoms with Gasteiger partial charge in [0, 0.05) is 19.3 Å². The van der Waals surface area contributed by atoms with E-state index in [1.165, 1.54) is 22.3 Å². The number of aromatic nitrogens is 1. The van der Waals surface area contributed by atoms with E-state index >= 15 is 0 Å². The van der Waals surface area contributed by atoms with Crippen molar-refractivity contribution >= 4 is 5.82 Å². The summed E-state index contributed by atoms with van der Waals surface area (Å²) < 4.78 is 11.8. The Bertz CT molecular complexity index is 912. The molecule has 0 aliphatic carbocycles. The molecule has 1 aromatic heterocycles. The zero-order valence-corrected chi connectivity index (χ0v) is 17.6. The zero-order valence-electron chi connectivity index (χ0n) is 17.6. The lowest BCUT2D eigenvalue weighted by Crippen LogP contribution is -2.28. The van der Waals surface area contributed by atoms with Crippen LogP contribution in [-0.4, -0.2) is 24.3 Å². The molecule has 0 spiro atoms. The highest BCUT2D eigenvalue weighted by atomic mass is 16.5. The Morgan fingerprint density at radius 1 is 1.03 bits per heavy atom. The molecule has 2 aromatic carbocycles. The van der Waals surface area contributed by atoms with E-state index < -0.39 is 0 Å². The Hall–Kier alpha value is -2.69. The van der Waals surface area contributed by atoms with E-state index in [1.54, 1.807) is 0 Å². The van der Waals surface area contributed by atoms with Crippen LogP contribution in [0.15, 0.2) is 72.9 Å². The van der Waals surface area contributed by atoms with Crippen molar-refractivity contribution < 1.29 is 9.47 Å². The molecule has 0 amide bonds. The summed E-state index contributed by atoms with van der Waals surface area (Å²) in [6.45, 7) is 4.94. The molecular formula is C26H30N2O2. The molecule has 2 unspecified atom stereocenters. The first-order chi connectivity index (χ1) is 14.8. The van der Waals surface area contributed by atoms with Gasteiger partial charge in [-0.2, -0.15) is 0 Å². The SMILES string of the molecule is Cc1cccc(CNc2ccc(C3CCOC(COCc4ccccc4)C3)cn2)c1. The molecule has 1 aliphatic rings. The third-order valence-corrected chi connectivity index (χ3v) is 5.60. The van der Waals surface area contributed by atoms with Gasteiger partial charge in [0.2, 0.25) is 0 Å². The quantitative estimate of drug-likeness (QED) is 0.542. The van der Waals surface area contributed by atoms with Crippen molar-refractivity contribution in [1.29, 1.82) is 0 Å². The molecule has 3 aromatic rings. The zero-order chi connectivity index (χ0) is 20.6. The smallest absolute Gasteiger partial charge is 0.126 e. The fraction of sp³-hybridized carbons (Fsp3) is 0.346. The average molecular weight is 403 g/mol. The predicted octanol–water partition coefficient (Wildman–Crippen LogP) is 5.48. The highest BCUT2D eigenvalue weighted by Crippen LogP contribution is 2.30. The van der Waals surface area contributed by atoms with E-state index in [-0.39, 0.29) is 6.10 Å². The molecule has 0 saturated carbocycles. The summed E-state index contributed by atoms with van der Waals surface area (Å²) in [6.07, 6.45) is 4.17. The summed E-state index contributed by atoms with van der Waals surface area (Å²) in [5.41, 5.74) is 5.03. The number of pyridine rings is 1. The van der Waals surface area contributed by atoms with Crippen LogP contribution < -0.4 is 5.32 Å². The van der Waals surface area contributed by atoms with Crippen molar-refractivity contribution in [3.63, 3.8) is 0 Å². The number of rotatable bonds is 8. The minimum Gasteiger partial charge on any atom is -0.376 e. The molecule has 1 fully saturated rings. The molecule has 4 nitrogen and oxygen atoms in total.